The Morgan fingerprint density at radius 1 is 1.11 bits per heavy atom. The molecule has 7 nitrogen and oxygen atoms in total. The first-order valence-electron chi connectivity index (χ1n) is 12.9. The summed E-state index contributed by atoms with van der Waals surface area (Å²) in [7, 11) is -0.348. The number of benzene rings is 1. The normalized spacial score (nSPS) is 23.1. The third kappa shape index (κ3) is 4.40. The number of ether oxygens (including phenoxy) is 1. The van der Waals surface area contributed by atoms with Crippen molar-refractivity contribution in [2.75, 3.05) is 6.54 Å². The molecule has 0 unspecified atom stereocenters. The second-order valence-corrected chi connectivity index (χ2v) is 12.1. The molecule has 1 aromatic heterocycles. The number of carbonyl (C=O) groups is 1. The quantitative estimate of drug-likeness (QED) is 0.632. The number of amides is 1. The maximum Gasteiger partial charge on any atom is 0.495 e. The number of rotatable bonds is 3. The predicted molar refractivity (Wildman–Crippen MR) is 137 cm³/mol. The average molecular weight is 479 g/mol. The average Bonchev–Trinajstić information content (AvgIpc) is 3.52. The second kappa shape index (κ2) is 8.37. The molecule has 188 valence electrons. The first kappa shape index (κ1) is 24.4. The van der Waals surface area contributed by atoms with Crippen LogP contribution in [0.25, 0.3) is 11.3 Å². The molecule has 5 rings (SSSR count). The van der Waals surface area contributed by atoms with E-state index >= 15 is 0 Å². The molecule has 0 bridgehead atoms. The van der Waals surface area contributed by atoms with Crippen LogP contribution < -0.4 is 5.46 Å². The van der Waals surface area contributed by atoms with Gasteiger partial charge in [0.25, 0.3) is 0 Å². The van der Waals surface area contributed by atoms with E-state index in [1.54, 1.807) is 4.90 Å². The minimum atomic E-state index is -0.516. The molecule has 1 amide bonds. The van der Waals surface area contributed by atoms with Gasteiger partial charge in [0.15, 0.2) is 0 Å². The van der Waals surface area contributed by atoms with Crippen molar-refractivity contribution in [1.29, 1.82) is 0 Å². The number of aromatic amines is 1. The first-order chi connectivity index (χ1) is 16.4. The van der Waals surface area contributed by atoms with E-state index < -0.39 is 5.60 Å². The highest BCUT2D eigenvalue weighted by Crippen LogP contribution is 2.39. The maximum atomic E-state index is 12.8. The Labute approximate surface area is 209 Å². The monoisotopic (exact) mass is 479 g/mol. The molecular weight excluding hydrogens is 441 g/mol. The lowest BCUT2D eigenvalue weighted by Crippen LogP contribution is -2.41. The van der Waals surface area contributed by atoms with Crippen LogP contribution in [0.2, 0.25) is 0 Å². The van der Waals surface area contributed by atoms with E-state index in [1.807, 2.05) is 27.0 Å². The van der Waals surface area contributed by atoms with Crippen molar-refractivity contribution < 1.29 is 18.8 Å². The SMILES string of the molecule is CC(C)(C)OC(=O)N1CCC[C@H]1c1ncc(-c2ccc(B3OC(C)(C)C(C)(C)O3)c3c2CCC3)[nH]1. The Kier molecular flexibility index (Phi) is 5.83. The van der Waals surface area contributed by atoms with Gasteiger partial charge in [-0.25, -0.2) is 9.78 Å². The van der Waals surface area contributed by atoms with Crippen LogP contribution in [0.3, 0.4) is 0 Å². The van der Waals surface area contributed by atoms with E-state index in [9.17, 15) is 4.79 Å². The molecule has 1 N–H and O–H groups in total. The van der Waals surface area contributed by atoms with Gasteiger partial charge in [0.2, 0.25) is 0 Å². The van der Waals surface area contributed by atoms with Gasteiger partial charge in [-0.05, 0) is 97.2 Å². The highest BCUT2D eigenvalue weighted by Gasteiger charge is 2.52. The molecule has 35 heavy (non-hydrogen) atoms. The van der Waals surface area contributed by atoms with Gasteiger partial charge in [0.1, 0.15) is 11.4 Å². The van der Waals surface area contributed by atoms with Crippen molar-refractivity contribution in [3.05, 3.63) is 35.3 Å². The predicted octanol–water partition coefficient (Wildman–Crippen LogP) is 4.94. The number of hydrogen-bond donors (Lipinski definition) is 1. The van der Waals surface area contributed by atoms with Gasteiger partial charge in [0.05, 0.1) is 29.1 Å². The molecule has 0 radical (unpaired) electrons. The minimum absolute atomic E-state index is 0.0873. The van der Waals surface area contributed by atoms with E-state index in [0.29, 0.717) is 6.54 Å². The van der Waals surface area contributed by atoms with E-state index in [1.165, 1.54) is 16.7 Å². The summed E-state index contributed by atoms with van der Waals surface area (Å²) in [6.45, 7) is 14.8. The van der Waals surface area contributed by atoms with Crippen LogP contribution in [-0.4, -0.2) is 51.4 Å². The Balaban J connectivity index is 1.41. The largest absolute Gasteiger partial charge is 0.495 e. The fourth-order valence-corrected chi connectivity index (χ4v) is 5.41. The van der Waals surface area contributed by atoms with E-state index in [-0.39, 0.29) is 30.5 Å². The lowest BCUT2D eigenvalue weighted by Gasteiger charge is -2.32. The zero-order valence-corrected chi connectivity index (χ0v) is 22.2. The molecule has 2 aliphatic heterocycles. The number of carbonyl (C=O) groups excluding carboxylic acids is 1. The molecule has 8 heteroatoms. The molecule has 1 aliphatic carbocycles. The Morgan fingerprint density at radius 2 is 1.80 bits per heavy atom. The van der Waals surface area contributed by atoms with Crippen LogP contribution in [-0.2, 0) is 26.9 Å². The molecule has 2 aromatic rings. The highest BCUT2D eigenvalue weighted by molar-refractivity contribution is 6.62. The second-order valence-electron chi connectivity index (χ2n) is 12.1. The Hall–Kier alpha value is -2.32. The summed E-state index contributed by atoms with van der Waals surface area (Å²) in [6, 6.07) is 4.24. The van der Waals surface area contributed by atoms with Crippen molar-refractivity contribution in [1.82, 2.24) is 14.9 Å². The van der Waals surface area contributed by atoms with E-state index in [2.05, 4.69) is 44.8 Å². The molecule has 2 saturated heterocycles. The van der Waals surface area contributed by atoms with Gasteiger partial charge in [-0.1, -0.05) is 12.1 Å². The van der Waals surface area contributed by atoms with Gasteiger partial charge in [-0.15, -0.1) is 0 Å². The van der Waals surface area contributed by atoms with Crippen LogP contribution in [0.15, 0.2) is 18.3 Å². The standard InChI is InChI=1S/C27H38BN3O4/c1-25(2,3)33-24(32)31-15-9-12-22(31)23-29-16-21(30-23)19-13-14-20(18-11-8-10-17(18)19)28-34-26(4,5)27(6,7)35-28/h13-14,16,22H,8-12,15H2,1-7H3,(H,29,30)/t22-/m0/s1. The molecule has 3 heterocycles. The van der Waals surface area contributed by atoms with Crippen LogP contribution in [0, 0.1) is 0 Å². The summed E-state index contributed by atoms with van der Waals surface area (Å²) in [5.41, 5.74) is 4.77. The lowest BCUT2D eigenvalue weighted by molar-refractivity contribution is 0.00578. The first-order valence-corrected chi connectivity index (χ1v) is 12.9. The number of H-pyrrole nitrogens is 1. The zero-order valence-electron chi connectivity index (χ0n) is 22.2. The Bertz CT molecular complexity index is 1120. The van der Waals surface area contributed by atoms with Crippen molar-refractivity contribution in [2.24, 2.45) is 0 Å². The molecule has 0 spiro atoms. The van der Waals surface area contributed by atoms with Crippen LogP contribution >= 0.6 is 0 Å². The number of imidazole rings is 1. The van der Waals surface area contributed by atoms with Crippen LogP contribution in [0.1, 0.15) is 90.7 Å². The summed E-state index contributed by atoms with van der Waals surface area (Å²) in [6.07, 6.45) is 6.63. The Morgan fingerprint density at radius 3 is 2.49 bits per heavy atom. The van der Waals surface area contributed by atoms with Crippen molar-refractivity contribution in [3.8, 4) is 11.3 Å². The minimum Gasteiger partial charge on any atom is -0.444 e. The summed E-state index contributed by atoms with van der Waals surface area (Å²) in [5, 5.41) is 0. The fourth-order valence-electron chi connectivity index (χ4n) is 5.41. The number of aromatic nitrogens is 2. The number of nitrogens with zero attached hydrogens (tertiary/aromatic N) is 2. The zero-order chi connectivity index (χ0) is 25.2. The maximum absolute atomic E-state index is 12.8. The van der Waals surface area contributed by atoms with Crippen LogP contribution in [0.5, 0.6) is 0 Å². The van der Waals surface area contributed by atoms with Gasteiger partial charge in [-0.2, -0.15) is 0 Å². The van der Waals surface area contributed by atoms with Crippen molar-refractivity contribution >= 4 is 18.7 Å². The summed E-state index contributed by atoms with van der Waals surface area (Å²) < 4.78 is 18.4. The summed E-state index contributed by atoms with van der Waals surface area (Å²) >= 11 is 0. The summed E-state index contributed by atoms with van der Waals surface area (Å²) in [4.78, 5) is 22.8. The van der Waals surface area contributed by atoms with Crippen molar-refractivity contribution in [3.63, 3.8) is 0 Å². The van der Waals surface area contributed by atoms with Crippen LogP contribution in [0.4, 0.5) is 4.79 Å². The molecule has 1 aromatic carbocycles. The smallest absolute Gasteiger partial charge is 0.444 e. The van der Waals surface area contributed by atoms with Gasteiger partial charge in [0, 0.05) is 12.1 Å². The highest BCUT2D eigenvalue weighted by atomic mass is 16.7. The third-order valence-corrected chi connectivity index (χ3v) is 7.91. The molecule has 3 aliphatic rings. The molecular formula is C27H38BN3O4. The number of likely N-dealkylation sites (tertiary alicyclic amines) is 1. The van der Waals surface area contributed by atoms with E-state index in [4.69, 9.17) is 19.0 Å². The van der Waals surface area contributed by atoms with Crippen molar-refractivity contribution in [2.45, 2.75) is 103 Å². The van der Waals surface area contributed by atoms with Gasteiger partial charge >= 0.3 is 13.2 Å². The number of hydrogen-bond acceptors (Lipinski definition) is 5. The fraction of sp³-hybridized carbons (Fsp3) is 0.630. The molecule has 1 atom stereocenters. The van der Waals surface area contributed by atoms with E-state index in [0.717, 1.165) is 49.1 Å². The number of fused-ring (bicyclic) bond motifs is 1. The summed E-state index contributed by atoms with van der Waals surface area (Å²) in [5.74, 6) is 0.824. The van der Waals surface area contributed by atoms with Gasteiger partial charge in [-0.3, -0.25) is 4.90 Å². The third-order valence-electron chi connectivity index (χ3n) is 7.91. The number of nitrogens with one attached hydrogen (secondary N) is 1. The molecule has 2 fully saturated rings. The molecule has 0 saturated carbocycles. The lowest BCUT2D eigenvalue weighted by atomic mass is 9.74. The topological polar surface area (TPSA) is 76.7 Å². The van der Waals surface area contributed by atoms with Gasteiger partial charge < -0.3 is 19.0 Å².